The van der Waals surface area contributed by atoms with Gasteiger partial charge in [-0.2, -0.15) is 0 Å². The van der Waals surface area contributed by atoms with Crippen LogP contribution in [0.15, 0.2) is 47.2 Å². The van der Waals surface area contributed by atoms with Crippen LogP contribution in [0.5, 0.6) is 0 Å². The standard InChI is InChI=1S/C19H22BrN3O3/c1-3-23(17-6-4-5-14(2)9-17)8-7-22-18(24)13-26-19(25)15-10-16(20)12-21-11-15/h4-6,9-12H,3,7-8,13H2,1-2H3,(H,22,24). The van der Waals surface area contributed by atoms with Gasteiger partial charge in [0.1, 0.15) is 0 Å². The monoisotopic (exact) mass is 419 g/mol. The zero-order chi connectivity index (χ0) is 18.9. The van der Waals surface area contributed by atoms with Gasteiger partial charge in [0.15, 0.2) is 6.61 Å². The van der Waals surface area contributed by atoms with Crippen molar-refractivity contribution in [2.24, 2.45) is 0 Å². The SMILES string of the molecule is CCN(CCNC(=O)COC(=O)c1cncc(Br)c1)c1cccc(C)c1. The molecule has 0 bridgehead atoms. The minimum Gasteiger partial charge on any atom is -0.452 e. The Kier molecular flexibility index (Phi) is 7.59. The normalized spacial score (nSPS) is 10.3. The molecular weight excluding hydrogens is 398 g/mol. The van der Waals surface area contributed by atoms with Crippen LogP contribution in [-0.2, 0) is 9.53 Å². The molecule has 0 spiro atoms. The summed E-state index contributed by atoms with van der Waals surface area (Å²) in [5.41, 5.74) is 2.61. The lowest BCUT2D eigenvalue weighted by atomic mass is 10.2. The summed E-state index contributed by atoms with van der Waals surface area (Å²) in [5, 5.41) is 2.77. The van der Waals surface area contributed by atoms with E-state index in [1.54, 1.807) is 12.3 Å². The molecule has 0 saturated carbocycles. The van der Waals surface area contributed by atoms with Gasteiger partial charge in [-0.25, -0.2) is 4.79 Å². The maximum atomic E-state index is 11.9. The van der Waals surface area contributed by atoms with E-state index in [2.05, 4.69) is 44.1 Å². The average molecular weight is 420 g/mol. The fourth-order valence-electron chi connectivity index (χ4n) is 2.41. The number of nitrogens with one attached hydrogen (secondary N) is 1. The minimum atomic E-state index is -0.580. The van der Waals surface area contributed by atoms with Crippen molar-refractivity contribution in [1.29, 1.82) is 0 Å². The Morgan fingerprint density at radius 1 is 1.27 bits per heavy atom. The molecule has 2 rings (SSSR count). The number of esters is 1. The summed E-state index contributed by atoms with van der Waals surface area (Å²) in [5.74, 6) is -0.912. The molecule has 1 aromatic carbocycles. The van der Waals surface area contributed by atoms with Gasteiger partial charge >= 0.3 is 5.97 Å². The Bertz CT molecular complexity index is 767. The lowest BCUT2D eigenvalue weighted by Crippen LogP contribution is -2.36. The lowest BCUT2D eigenvalue weighted by Gasteiger charge is -2.23. The maximum absolute atomic E-state index is 11.9. The van der Waals surface area contributed by atoms with E-state index >= 15 is 0 Å². The van der Waals surface area contributed by atoms with Gasteiger partial charge in [-0.15, -0.1) is 0 Å². The van der Waals surface area contributed by atoms with Gasteiger partial charge in [-0.05, 0) is 53.5 Å². The number of aromatic nitrogens is 1. The van der Waals surface area contributed by atoms with Crippen LogP contribution in [0.4, 0.5) is 5.69 Å². The van der Waals surface area contributed by atoms with Crippen LogP contribution in [0.2, 0.25) is 0 Å². The van der Waals surface area contributed by atoms with Crippen molar-refractivity contribution in [1.82, 2.24) is 10.3 Å². The summed E-state index contributed by atoms with van der Waals surface area (Å²) < 4.78 is 5.68. The third-order valence-corrected chi connectivity index (χ3v) is 4.16. The molecule has 0 aliphatic carbocycles. The molecule has 138 valence electrons. The van der Waals surface area contributed by atoms with Crippen molar-refractivity contribution in [3.63, 3.8) is 0 Å². The Morgan fingerprint density at radius 3 is 2.77 bits per heavy atom. The van der Waals surface area contributed by atoms with Gasteiger partial charge in [0, 0.05) is 42.2 Å². The molecule has 2 aromatic rings. The first kappa shape index (κ1) is 19.9. The number of hydrogen-bond donors (Lipinski definition) is 1. The number of halogens is 1. The van der Waals surface area contributed by atoms with E-state index in [1.165, 1.54) is 11.8 Å². The third kappa shape index (κ3) is 6.15. The van der Waals surface area contributed by atoms with Gasteiger partial charge < -0.3 is 15.0 Å². The van der Waals surface area contributed by atoms with E-state index in [0.717, 1.165) is 12.2 Å². The Morgan fingerprint density at radius 2 is 2.08 bits per heavy atom. The van der Waals surface area contributed by atoms with Crippen LogP contribution >= 0.6 is 15.9 Å². The van der Waals surface area contributed by atoms with Crippen molar-refractivity contribution >= 4 is 33.5 Å². The summed E-state index contributed by atoms with van der Waals surface area (Å²) in [6.45, 7) is 5.78. The molecule has 6 nitrogen and oxygen atoms in total. The molecule has 0 unspecified atom stereocenters. The Hall–Kier alpha value is -2.41. The molecule has 1 amide bonds. The first-order valence-corrected chi connectivity index (χ1v) is 9.15. The van der Waals surface area contributed by atoms with Crippen molar-refractivity contribution in [3.05, 3.63) is 58.3 Å². The van der Waals surface area contributed by atoms with E-state index in [4.69, 9.17) is 4.74 Å². The number of benzene rings is 1. The zero-order valence-electron chi connectivity index (χ0n) is 14.9. The zero-order valence-corrected chi connectivity index (χ0v) is 16.5. The minimum absolute atomic E-state index is 0.295. The number of rotatable bonds is 8. The second kappa shape index (κ2) is 9.91. The molecular formula is C19H22BrN3O3. The molecule has 1 heterocycles. The van der Waals surface area contributed by atoms with Crippen molar-refractivity contribution in [3.8, 4) is 0 Å². The van der Waals surface area contributed by atoms with Crippen LogP contribution in [0.25, 0.3) is 0 Å². The fraction of sp³-hybridized carbons (Fsp3) is 0.316. The number of likely N-dealkylation sites (N-methyl/N-ethyl adjacent to an activating group) is 1. The highest BCUT2D eigenvalue weighted by Crippen LogP contribution is 2.15. The van der Waals surface area contributed by atoms with Gasteiger partial charge in [-0.3, -0.25) is 9.78 Å². The van der Waals surface area contributed by atoms with Crippen LogP contribution in [0, 0.1) is 6.92 Å². The van der Waals surface area contributed by atoms with Crippen LogP contribution in [-0.4, -0.2) is 43.1 Å². The Labute approximate surface area is 161 Å². The average Bonchev–Trinajstić information content (AvgIpc) is 2.63. The highest BCUT2D eigenvalue weighted by atomic mass is 79.9. The largest absolute Gasteiger partial charge is 0.452 e. The number of ether oxygens (including phenoxy) is 1. The molecule has 0 radical (unpaired) electrons. The van der Waals surface area contributed by atoms with Crippen LogP contribution in [0.3, 0.4) is 0 Å². The molecule has 0 aliphatic heterocycles. The van der Waals surface area contributed by atoms with Gasteiger partial charge in [0.25, 0.3) is 5.91 Å². The molecule has 7 heteroatoms. The first-order chi connectivity index (χ1) is 12.5. The number of aryl methyl sites for hydroxylation is 1. The van der Waals surface area contributed by atoms with E-state index in [-0.39, 0.29) is 12.5 Å². The summed E-state index contributed by atoms with van der Waals surface area (Å²) >= 11 is 3.23. The number of carbonyl (C=O) groups is 2. The quantitative estimate of drug-likeness (QED) is 0.665. The number of amides is 1. The van der Waals surface area contributed by atoms with E-state index < -0.39 is 5.97 Å². The number of anilines is 1. The number of hydrogen-bond acceptors (Lipinski definition) is 5. The molecule has 1 aromatic heterocycles. The summed E-state index contributed by atoms with van der Waals surface area (Å²) in [6.07, 6.45) is 2.96. The molecule has 26 heavy (non-hydrogen) atoms. The van der Waals surface area contributed by atoms with Crippen molar-refractivity contribution in [2.75, 3.05) is 31.1 Å². The fourth-order valence-corrected chi connectivity index (χ4v) is 2.78. The molecule has 0 aliphatic rings. The third-order valence-electron chi connectivity index (χ3n) is 3.73. The molecule has 0 atom stereocenters. The van der Waals surface area contributed by atoms with Gasteiger partial charge in [-0.1, -0.05) is 12.1 Å². The maximum Gasteiger partial charge on any atom is 0.340 e. The summed E-state index contributed by atoms with van der Waals surface area (Å²) in [4.78, 5) is 29.8. The lowest BCUT2D eigenvalue weighted by molar-refractivity contribution is -0.124. The van der Waals surface area contributed by atoms with E-state index in [9.17, 15) is 9.59 Å². The van der Waals surface area contributed by atoms with Crippen molar-refractivity contribution in [2.45, 2.75) is 13.8 Å². The van der Waals surface area contributed by atoms with Crippen LogP contribution in [0.1, 0.15) is 22.8 Å². The number of nitrogens with zero attached hydrogens (tertiary/aromatic N) is 2. The number of pyridine rings is 1. The van der Waals surface area contributed by atoms with Crippen LogP contribution < -0.4 is 10.2 Å². The Balaban J connectivity index is 1.75. The summed E-state index contributed by atoms with van der Waals surface area (Å²) in [7, 11) is 0. The molecule has 0 fully saturated rings. The van der Waals surface area contributed by atoms with Gasteiger partial charge in [0.2, 0.25) is 0 Å². The predicted molar refractivity (Wildman–Crippen MR) is 104 cm³/mol. The van der Waals surface area contributed by atoms with E-state index in [1.807, 2.05) is 25.1 Å². The van der Waals surface area contributed by atoms with E-state index in [0.29, 0.717) is 23.1 Å². The van der Waals surface area contributed by atoms with Crippen molar-refractivity contribution < 1.29 is 14.3 Å². The van der Waals surface area contributed by atoms with Gasteiger partial charge in [0.05, 0.1) is 5.56 Å². The second-order valence-electron chi connectivity index (χ2n) is 5.74. The highest BCUT2D eigenvalue weighted by Gasteiger charge is 2.11. The topological polar surface area (TPSA) is 71.5 Å². The highest BCUT2D eigenvalue weighted by molar-refractivity contribution is 9.10. The first-order valence-electron chi connectivity index (χ1n) is 8.35. The summed E-state index contributed by atoms with van der Waals surface area (Å²) in [6, 6.07) is 9.82. The number of carbonyl (C=O) groups excluding carboxylic acids is 2. The molecule has 0 saturated heterocycles. The predicted octanol–water partition coefficient (Wildman–Crippen LogP) is 2.95. The molecule has 1 N–H and O–H groups in total. The second-order valence-corrected chi connectivity index (χ2v) is 6.65. The smallest absolute Gasteiger partial charge is 0.340 e.